The number of aryl methyl sites for hydroxylation is 2. The predicted octanol–water partition coefficient (Wildman–Crippen LogP) is 28.1. The van der Waals surface area contributed by atoms with Crippen molar-refractivity contribution in [1.82, 2.24) is 0 Å². The number of ketones is 1. The zero-order chi connectivity index (χ0) is 92.8. The normalized spacial score (nSPS) is 10.4. The summed E-state index contributed by atoms with van der Waals surface area (Å²) in [7, 11) is 0.752. The maximum absolute atomic E-state index is 11.0. The summed E-state index contributed by atoms with van der Waals surface area (Å²) in [5.41, 5.74) is 13.1. The molecule has 9 rings (SSSR count). The molecule has 0 radical (unpaired) electrons. The van der Waals surface area contributed by atoms with E-state index in [-0.39, 0.29) is 56.5 Å². The third kappa shape index (κ3) is 67.3. The number of carbonyl (C=O) groups is 6. The van der Waals surface area contributed by atoms with Gasteiger partial charge in [0.25, 0.3) is 0 Å². The molecule has 0 saturated carbocycles. The van der Waals surface area contributed by atoms with Gasteiger partial charge in [-0.3, -0.25) is 24.0 Å². The molecular formula is C106H162O12Si2. The number of rotatable bonds is 19. The average molecular weight is 1680 g/mol. The van der Waals surface area contributed by atoms with Crippen LogP contribution in [-0.2, 0) is 77.3 Å². The Balaban J connectivity index is -0.000000410. The SMILES string of the molecule is C=CCCC.C=CCOC(C)=O.CC.CC(=O)OCC(C)C.CC(=O)OCC1c2ccccc2-c2ccccc21.CC(=O)OCC[SiH2]C(C)(C)C.CC(=O)OCc1ccccc1.CC(C)(C)C.CC(C)(C)[Si](C)(C)C.CC(C)=O.CC(c1ccccc1)(c1ccccc1)c1ccccc1.CCC.CCc1ccc(OC)cc1.CCc1ccccc1. The van der Waals surface area contributed by atoms with E-state index in [9.17, 15) is 28.8 Å². The number of allylic oxidation sites excluding steroid dienone is 1. The molecule has 0 fully saturated rings. The molecule has 8 aromatic carbocycles. The number of carbonyl (C=O) groups excluding carboxylic acids is 6. The number of methoxy groups -OCH3 is 1. The van der Waals surface area contributed by atoms with Gasteiger partial charge in [0.2, 0.25) is 0 Å². The van der Waals surface area contributed by atoms with Crippen molar-refractivity contribution < 1.29 is 57.2 Å². The molecule has 0 amide bonds. The van der Waals surface area contributed by atoms with Gasteiger partial charge in [-0.1, -0.05) is 395 Å². The van der Waals surface area contributed by atoms with E-state index in [1.165, 1.54) is 117 Å². The molecule has 0 heterocycles. The van der Waals surface area contributed by atoms with E-state index in [1.807, 2.05) is 107 Å². The van der Waals surface area contributed by atoms with Crippen LogP contribution in [0.3, 0.4) is 0 Å². The fraction of sp³-hybridized carbons (Fsp3) is 0.453. The molecule has 0 bridgehead atoms. The van der Waals surface area contributed by atoms with Crippen LogP contribution in [0.25, 0.3) is 11.1 Å². The third-order valence-corrected chi connectivity index (χ3v) is 23.4. The van der Waals surface area contributed by atoms with Gasteiger partial charge in [0, 0.05) is 63.5 Å². The second kappa shape index (κ2) is 71.3. The summed E-state index contributed by atoms with van der Waals surface area (Å²) in [6.45, 7) is 70.0. The van der Waals surface area contributed by atoms with E-state index in [1.54, 1.807) is 7.11 Å². The second-order valence-corrected chi connectivity index (χ2v) is 42.9. The first-order valence-corrected chi connectivity index (χ1v) is 47.9. The molecule has 12 nitrogen and oxygen atoms in total. The Kier molecular flexibility index (Phi) is 70.7. The predicted molar refractivity (Wildman–Crippen MR) is 520 cm³/mol. The van der Waals surface area contributed by atoms with Crippen molar-refractivity contribution in [2.75, 3.05) is 33.5 Å². The van der Waals surface area contributed by atoms with Gasteiger partial charge in [-0.2, -0.15) is 0 Å². The standard InChI is InChI=1S/C20H18.C16H14O2.C9H10O2.C9H12O.C8H18O2Si.C8H10.C7H18Si.C6H12O2.C5H8O2.C5H12.C5H10.C3H6O.C3H8.C2H6/c1-20(17-11-5-2-6-12-17,18-13-7-3-8-14-18)19-15-9-4-10-16-19;1-11(17)18-10-16-14-8-4-2-6-12(14)13-7-3-5-9-15(13)16;1-8(10)11-7-9-5-3-2-4-6-9;1-3-8-4-6-9(10-2)7-5-8;1-7(9)10-5-6-11-8(2,3)4;1-2-8-6-4-3-5-7-8;1-7(2,3)8(4,5)6;1-5(2)4-8-6(3)7;1-3-4-7-5(2)6;1-5(2,3)4;1-3-5-4-2;1-3(2)4;1-3-2;1-2/h2-16H,1H3;2-9,16H,10H2,1H3;2-6H,7H2,1H3;4-7H,3H2,1-2H3;5-6,11H2,1-4H3;3-7H,2H2,1H3;1-6H3;5H,4H2,1-3H3;3H,1,4H2,2H3;1-4H3;3H,1,4-5H2,2H3;1-2H3;3H2,1-2H3;1-2H3. The highest BCUT2D eigenvalue weighted by atomic mass is 28.3. The highest BCUT2D eigenvalue weighted by molar-refractivity contribution is 6.78. The number of Topliss-reactive ketones (excluding diaryl/α,β-unsaturated/α-hetero) is 1. The quantitative estimate of drug-likeness (QED) is 0.0189. The summed E-state index contributed by atoms with van der Waals surface area (Å²) in [5, 5.41) is 1.06. The first-order valence-electron chi connectivity index (χ1n) is 42.7. The first kappa shape index (κ1) is 119. The maximum Gasteiger partial charge on any atom is 0.302 e. The summed E-state index contributed by atoms with van der Waals surface area (Å²) in [6.07, 6.45) is 9.32. The number of hydrogen-bond acceptors (Lipinski definition) is 12. The minimum atomic E-state index is -0.859. The van der Waals surface area contributed by atoms with Crippen molar-refractivity contribution >= 4 is 53.2 Å². The molecule has 0 N–H and O–H groups in total. The van der Waals surface area contributed by atoms with Gasteiger partial charge < -0.3 is 33.2 Å². The topological polar surface area (TPSA) is 158 Å². The molecule has 0 aliphatic heterocycles. The van der Waals surface area contributed by atoms with E-state index in [4.69, 9.17) is 18.9 Å². The lowest BCUT2D eigenvalue weighted by molar-refractivity contribution is -0.143. The number of fused-ring (bicyclic) bond motifs is 3. The van der Waals surface area contributed by atoms with Gasteiger partial charge in [0.15, 0.2) is 0 Å². The van der Waals surface area contributed by atoms with Gasteiger partial charge in [-0.25, -0.2) is 0 Å². The minimum absolute atomic E-state index is 0.0706. The largest absolute Gasteiger partial charge is 0.497 e. The van der Waals surface area contributed by atoms with Crippen molar-refractivity contribution in [2.45, 2.75) is 273 Å². The molecule has 14 heteroatoms. The van der Waals surface area contributed by atoms with Crippen molar-refractivity contribution in [3.05, 3.63) is 294 Å². The molecule has 1 aliphatic rings. The van der Waals surface area contributed by atoms with Crippen LogP contribution in [0.15, 0.2) is 250 Å². The van der Waals surface area contributed by atoms with Gasteiger partial charge in [0.1, 0.15) is 31.4 Å². The fourth-order valence-electron chi connectivity index (χ4n) is 9.27. The van der Waals surface area contributed by atoms with E-state index < -0.39 is 8.07 Å². The lowest BCUT2D eigenvalue weighted by Gasteiger charge is -2.32. The van der Waals surface area contributed by atoms with Crippen LogP contribution in [0, 0.1) is 11.3 Å². The lowest BCUT2D eigenvalue weighted by atomic mass is 9.71. The summed E-state index contributed by atoms with van der Waals surface area (Å²) >= 11 is 0. The Morgan fingerprint density at radius 3 is 1.01 bits per heavy atom. The molecule has 0 spiro atoms. The monoisotopic (exact) mass is 1680 g/mol. The van der Waals surface area contributed by atoms with Gasteiger partial charge in [-0.15, -0.1) is 6.58 Å². The van der Waals surface area contributed by atoms with Crippen molar-refractivity contribution in [3.8, 4) is 16.9 Å². The van der Waals surface area contributed by atoms with Crippen molar-refractivity contribution in [3.63, 3.8) is 0 Å². The molecule has 666 valence electrons. The highest BCUT2D eigenvalue weighted by Gasteiger charge is 2.32. The Labute approximate surface area is 734 Å². The minimum Gasteiger partial charge on any atom is -0.497 e. The zero-order valence-corrected chi connectivity index (χ0v) is 82.9. The van der Waals surface area contributed by atoms with Crippen molar-refractivity contribution in [1.29, 1.82) is 0 Å². The van der Waals surface area contributed by atoms with Crippen LogP contribution < -0.4 is 4.74 Å². The Bertz CT molecular complexity index is 3680. The molecule has 120 heavy (non-hydrogen) atoms. The van der Waals surface area contributed by atoms with E-state index >= 15 is 0 Å². The second-order valence-electron chi connectivity index (χ2n) is 33.5. The molecule has 0 atom stereocenters. The number of esters is 5. The van der Waals surface area contributed by atoms with Gasteiger partial charge >= 0.3 is 29.8 Å². The number of unbranched alkanes of at least 4 members (excludes halogenated alkanes) is 1. The molecule has 1 aliphatic carbocycles. The van der Waals surface area contributed by atoms with Crippen molar-refractivity contribution in [2.24, 2.45) is 11.3 Å². The van der Waals surface area contributed by atoms with Crippen LogP contribution in [0.4, 0.5) is 0 Å². The number of ether oxygens (including phenoxy) is 6. The summed E-state index contributed by atoms with van der Waals surface area (Å²) in [4.78, 5) is 61.3. The van der Waals surface area contributed by atoms with Crippen LogP contribution in [0.2, 0.25) is 35.8 Å². The van der Waals surface area contributed by atoms with E-state index in [0.29, 0.717) is 54.4 Å². The van der Waals surface area contributed by atoms with E-state index in [2.05, 4.69) is 305 Å². The smallest absolute Gasteiger partial charge is 0.302 e. The average Bonchev–Trinajstić information content (AvgIpc) is 1.33. The molecule has 0 unspecified atom stereocenters. The van der Waals surface area contributed by atoms with Crippen LogP contribution >= 0.6 is 0 Å². The Morgan fingerprint density at radius 1 is 0.442 bits per heavy atom. The maximum atomic E-state index is 11.0. The van der Waals surface area contributed by atoms with Crippen LogP contribution in [0.5, 0.6) is 5.75 Å². The molecule has 0 aromatic heterocycles. The fourth-order valence-corrected chi connectivity index (χ4v) is 10.6. The van der Waals surface area contributed by atoms with Crippen LogP contribution in [0.1, 0.15) is 257 Å². The van der Waals surface area contributed by atoms with Gasteiger partial charge in [0.05, 0.1) is 20.3 Å². The number of hydrogen-bond donors (Lipinski definition) is 0. The lowest BCUT2D eigenvalue weighted by Crippen LogP contribution is -2.32. The summed E-state index contributed by atoms with van der Waals surface area (Å²) < 4.78 is 28.9. The third-order valence-electron chi connectivity index (χ3n) is 16.7. The highest BCUT2D eigenvalue weighted by Crippen LogP contribution is 2.45. The first-order chi connectivity index (χ1) is 56.3. The van der Waals surface area contributed by atoms with Gasteiger partial charge in [-0.05, 0) is 135 Å². The zero-order valence-electron chi connectivity index (χ0n) is 80.5. The summed E-state index contributed by atoms with van der Waals surface area (Å²) in [5.74, 6) is 0.620. The Hall–Kier alpha value is -9.51. The number of benzene rings is 8. The van der Waals surface area contributed by atoms with Crippen LogP contribution in [-0.4, -0.2) is 86.8 Å². The summed E-state index contributed by atoms with van der Waals surface area (Å²) in [6, 6.07) is 78.0. The van der Waals surface area contributed by atoms with E-state index in [0.717, 1.165) is 36.6 Å². The molecule has 0 saturated heterocycles. The molecule has 8 aromatic rings. The molecular weight excluding hydrogens is 1520 g/mol. The Morgan fingerprint density at radius 2 is 0.758 bits per heavy atom.